The molecule has 1 aliphatic carbocycles. The standard InChI is InChI=1S/C13H20N2O3S2/c1-19-10-4-2-9(3-5-10)15-20(17,18)11-6-7-13(16)12(14)8-11/h6-10,15-16H,2-5,14H2,1H3. The van der Waals surface area contributed by atoms with Crippen LogP contribution >= 0.6 is 11.8 Å². The van der Waals surface area contributed by atoms with Crippen molar-refractivity contribution in [3.05, 3.63) is 18.2 Å². The minimum Gasteiger partial charge on any atom is -0.506 e. The highest BCUT2D eigenvalue weighted by Gasteiger charge is 2.25. The Hall–Kier alpha value is -0.920. The first-order valence-electron chi connectivity index (χ1n) is 6.56. The molecule has 0 heterocycles. The van der Waals surface area contributed by atoms with Crippen LogP contribution in [-0.4, -0.2) is 31.1 Å². The van der Waals surface area contributed by atoms with Crippen molar-refractivity contribution < 1.29 is 13.5 Å². The molecular formula is C13H20N2O3S2. The van der Waals surface area contributed by atoms with Gasteiger partial charge in [-0.3, -0.25) is 0 Å². The van der Waals surface area contributed by atoms with Crippen LogP contribution < -0.4 is 10.5 Å². The Morgan fingerprint density at radius 1 is 1.30 bits per heavy atom. The first-order valence-corrected chi connectivity index (χ1v) is 9.33. The third-order valence-electron chi connectivity index (χ3n) is 3.64. The zero-order valence-corrected chi connectivity index (χ0v) is 13.0. The topological polar surface area (TPSA) is 92.4 Å². The molecule has 2 rings (SSSR count). The van der Waals surface area contributed by atoms with E-state index in [0.29, 0.717) is 5.25 Å². The second kappa shape index (κ2) is 6.24. The van der Waals surface area contributed by atoms with Gasteiger partial charge in [0.15, 0.2) is 0 Å². The fraction of sp³-hybridized carbons (Fsp3) is 0.538. The molecule has 1 saturated carbocycles. The molecule has 1 aliphatic rings. The maximum absolute atomic E-state index is 12.3. The van der Waals surface area contributed by atoms with Crippen molar-refractivity contribution in [1.82, 2.24) is 4.72 Å². The molecule has 1 aromatic carbocycles. The van der Waals surface area contributed by atoms with Crippen LogP contribution in [-0.2, 0) is 10.0 Å². The minimum absolute atomic E-state index is 0.0153. The normalized spacial score (nSPS) is 23.6. The molecule has 112 valence electrons. The number of benzene rings is 1. The van der Waals surface area contributed by atoms with Gasteiger partial charge in [-0.2, -0.15) is 11.8 Å². The maximum Gasteiger partial charge on any atom is 0.240 e. The first kappa shape index (κ1) is 15.5. The van der Waals surface area contributed by atoms with Gasteiger partial charge >= 0.3 is 0 Å². The fourth-order valence-corrected chi connectivity index (χ4v) is 4.49. The van der Waals surface area contributed by atoms with Gasteiger partial charge in [0.1, 0.15) is 5.75 Å². The number of hydrogen-bond acceptors (Lipinski definition) is 5. The molecule has 0 aliphatic heterocycles. The molecule has 20 heavy (non-hydrogen) atoms. The largest absolute Gasteiger partial charge is 0.506 e. The highest BCUT2D eigenvalue weighted by atomic mass is 32.2. The van der Waals surface area contributed by atoms with Gasteiger partial charge in [-0.1, -0.05) is 0 Å². The number of phenols is 1. The summed E-state index contributed by atoms with van der Waals surface area (Å²) >= 11 is 1.84. The van der Waals surface area contributed by atoms with E-state index in [-0.39, 0.29) is 22.4 Å². The van der Waals surface area contributed by atoms with Crippen LogP contribution in [0.4, 0.5) is 5.69 Å². The molecule has 0 radical (unpaired) electrons. The highest BCUT2D eigenvalue weighted by Crippen LogP contribution is 2.28. The van der Waals surface area contributed by atoms with Crippen molar-refractivity contribution in [2.24, 2.45) is 0 Å². The lowest BCUT2D eigenvalue weighted by Gasteiger charge is -2.27. The lowest BCUT2D eigenvalue weighted by Crippen LogP contribution is -2.38. The van der Waals surface area contributed by atoms with Crippen molar-refractivity contribution in [1.29, 1.82) is 0 Å². The third-order valence-corrected chi connectivity index (χ3v) is 6.29. The van der Waals surface area contributed by atoms with Crippen LogP contribution in [0.1, 0.15) is 25.7 Å². The van der Waals surface area contributed by atoms with Crippen LogP contribution in [0.2, 0.25) is 0 Å². The lowest BCUT2D eigenvalue weighted by molar-refractivity contribution is 0.420. The quantitative estimate of drug-likeness (QED) is 0.583. The molecule has 1 aromatic rings. The average molecular weight is 316 g/mol. The van der Waals surface area contributed by atoms with Crippen molar-refractivity contribution in [2.45, 2.75) is 41.9 Å². The molecule has 0 atom stereocenters. The Morgan fingerprint density at radius 2 is 1.95 bits per heavy atom. The zero-order chi connectivity index (χ0) is 14.8. The summed E-state index contributed by atoms with van der Waals surface area (Å²) in [6, 6.07) is 3.93. The van der Waals surface area contributed by atoms with Gasteiger partial charge in [0.2, 0.25) is 10.0 Å². The predicted octanol–water partition coefficient (Wildman–Crippen LogP) is 1.93. The number of phenolic OH excluding ortho intramolecular Hbond substituents is 1. The van der Waals surface area contributed by atoms with Crippen LogP contribution in [0.15, 0.2) is 23.1 Å². The summed E-state index contributed by atoms with van der Waals surface area (Å²) in [6.45, 7) is 0. The van der Waals surface area contributed by atoms with E-state index in [1.807, 2.05) is 11.8 Å². The molecule has 5 nitrogen and oxygen atoms in total. The Balaban J connectivity index is 2.06. The van der Waals surface area contributed by atoms with Gasteiger partial charge in [0, 0.05) is 11.3 Å². The Morgan fingerprint density at radius 3 is 2.50 bits per heavy atom. The first-order chi connectivity index (χ1) is 9.42. The van der Waals surface area contributed by atoms with Gasteiger partial charge in [-0.25, -0.2) is 13.1 Å². The number of sulfonamides is 1. The molecule has 0 saturated heterocycles. The second-order valence-electron chi connectivity index (χ2n) is 5.05. The van der Waals surface area contributed by atoms with Crippen molar-refractivity contribution in [2.75, 3.05) is 12.0 Å². The monoisotopic (exact) mass is 316 g/mol. The van der Waals surface area contributed by atoms with Gasteiger partial charge in [-0.15, -0.1) is 0 Å². The van der Waals surface area contributed by atoms with E-state index in [1.54, 1.807) is 0 Å². The fourth-order valence-electron chi connectivity index (χ4n) is 2.40. The molecule has 0 unspecified atom stereocenters. The van der Waals surface area contributed by atoms with Gasteiger partial charge < -0.3 is 10.8 Å². The van der Waals surface area contributed by atoms with Crippen molar-refractivity contribution >= 4 is 27.5 Å². The second-order valence-corrected chi connectivity index (χ2v) is 7.90. The van der Waals surface area contributed by atoms with E-state index in [2.05, 4.69) is 11.0 Å². The smallest absolute Gasteiger partial charge is 0.240 e. The van der Waals surface area contributed by atoms with Crippen molar-refractivity contribution in [3.8, 4) is 5.75 Å². The number of aromatic hydroxyl groups is 1. The van der Waals surface area contributed by atoms with E-state index in [0.717, 1.165) is 25.7 Å². The molecule has 7 heteroatoms. The van der Waals surface area contributed by atoms with E-state index in [4.69, 9.17) is 5.73 Å². The third kappa shape index (κ3) is 3.59. The number of thioether (sulfide) groups is 1. The summed E-state index contributed by atoms with van der Waals surface area (Å²) in [7, 11) is -3.57. The zero-order valence-electron chi connectivity index (χ0n) is 11.4. The molecule has 0 spiro atoms. The summed E-state index contributed by atoms with van der Waals surface area (Å²) in [5.41, 5.74) is 5.61. The molecular weight excluding hydrogens is 296 g/mol. The van der Waals surface area contributed by atoms with E-state index < -0.39 is 10.0 Å². The Labute approximate surface area is 124 Å². The van der Waals surface area contributed by atoms with Crippen LogP contribution in [0.5, 0.6) is 5.75 Å². The molecule has 0 amide bonds. The number of rotatable bonds is 4. The SMILES string of the molecule is CSC1CCC(NS(=O)(=O)c2ccc(O)c(N)c2)CC1. The van der Waals surface area contributed by atoms with E-state index in [9.17, 15) is 13.5 Å². The average Bonchev–Trinajstić information content (AvgIpc) is 2.42. The van der Waals surface area contributed by atoms with Crippen LogP contribution in [0.25, 0.3) is 0 Å². The predicted molar refractivity (Wildman–Crippen MR) is 82.4 cm³/mol. The lowest BCUT2D eigenvalue weighted by atomic mass is 9.96. The van der Waals surface area contributed by atoms with Gasteiger partial charge in [0.05, 0.1) is 10.6 Å². The summed E-state index contributed by atoms with van der Waals surface area (Å²) in [6.07, 6.45) is 5.88. The van der Waals surface area contributed by atoms with Gasteiger partial charge in [-0.05, 0) is 50.1 Å². The van der Waals surface area contributed by atoms with Crippen molar-refractivity contribution in [3.63, 3.8) is 0 Å². The molecule has 0 aromatic heterocycles. The summed E-state index contributed by atoms with van der Waals surface area (Å²) in [5, 5.41) is 9.98. The van der Waals surface area contributed by atoms with E-state index >= 15 is 0 Å². The molecule has 4 N–H and O–H groups in total. The van der Waals surface area contributed by atoms with E-state index in [1.165, 1.54) is 18.2 Å². The van der Waals surface area contributed by atoms with Gasteiger partial charge in [0.25, 0.3) is 0 Å². The summed E-state index contributed by atoms with van der Waals surface area (Å²) in [5.74, 6) is -0.107. The number of anilines is 1. The Bertz CT molecular complexity index is 567. The summed E-state index contributed by atoms with van der Waals surface area (Å²) < 4.78 is 27.3. The maximum atomic E-state index is 12.3. The summed E-state index contributed by atoms with van der Waals surface area (Å²) in [4.78, 5) is 0.0970. The number of nitrogen functional groups attached to an aromatic ring is 1. The number of nitrogens with one attached hydrogen (secondary N) is 1. The number of hydrogen-bond donors (Lipinski definition) is 3. The minimum atomic E-state index is -3.57. The van der Waals surface area contributed by atoms with Crippen LogP contribution in [0.3, 0.4) is 0 Å². The Kier molecular flexibility index (Phi) is 4.82. The number of nitrogens with two attached hydrogens (primary N) is 1. The van der Waals surface area contributed by atoms with Crippen LogP contribution in [0, 0.1) is 0 Å². The molecule has 0 bridgehead atoms. The molecule has 1 fully saturated rings. The highest BCUT2D eigenvalue weighted by molar-refractivity contribution is 7.99.